The minimum absolute atomic E-state index is 0.0327. The van der Waals surface area contributed by atoms with Crippen LogP contribution in [0, 0.1) is 0 Å². The van der Waals surface area contributed by atoms with E-state index in [1.165, 1.54) is 0 Å². The molecular weight excluding hydrogens is 254 g/mol. The molecule has 0 aliphatic carbocycles. The van der Waals surface area contributed by atoms with E-state index in [1.807, 2.05) is 13.8 Å². The van der Waals surface area contributed by atoms with Gasteiger partial charge in [0, 0.05) is 6.04 Å². The minimum atomic E-state index is -0.425. The Morgan fingerprint density at radius 1 is 1.39 bits per heavy atom. The van der Waals surface area contributed by atoms with E-state index in [0.29, 0.717) is 5.69 Å². The number of carbonyl (C=O) groups is 2. The minimum Gasteiger partial charge on any atom is -0.398 e. The van der Waals surface area contributed by atoms with Crippen molar-refractivity contribution in [2.75, 3.05) is 12.3 Å². The third-order valence-electron chi connectivity index (χ3n) is 2.13. The zero-order valence-electron chi connectivity index (χ0n) is 10.3. The predicted octanol–water partition coefficient (Wildman–Crippen LogP) is 1.18. The molecule has 0 aliphatic heterocycles. The van der Waals surface area contributed by atoms with Gasteiger partial charge in [-0.2, -0.15) is 0 Å². The van der Waals surface area contributed by atoms with Gasteiger partial charge in [-0.15, -0.1) is 0 Å². The van der Waals surface area contributed by atoms with E-state index in [0.717, 1.165) is 0 Å². The second-order valence-corrected chi connectivity index (χ2v) is 4.49. The Morgan fingerprint density at radius 3 is 2.67 bits per heavy atom. The number of carbonyl (C=O) groups excluding carboxylic acids is 2. The van der Waals surface area contributed by atoms with Gasteiger partial charge in [-0.3, -0.25) is 9.59 Å². The number of halogens is 1. The Labute approximate surface area is 111 Å². The zero-order valence-corrected chi connectivity index (χ0v) is 11.0. The van der Waals surface area contributed by atoms with Gasteiger partial charge < -0.3 is 16.4 Å². The molecule has 0 radical (unpaired) electrons. The molecule has 5 nitrogen and oxygen atoms in total. The second-order valence-electron chi connectivity index (χ2n) is 4.11. The Balaban J connectivity index is 2.61. The quantitative estimate of drug-likeness (QED) is 0.718. The van der Waals surface area contributed by atoms with Crippen LogP contribution in [0.2, 0.25) is 5.02 Å². The molecule has 0 atom stereocenters. The van der Waals surface area contributed by atoms with Crippen LogP contribution in [0.1, 0.15) is 24.2 Å². The van der Waals surface area contributed by atoms with Gasteiger partial charge in [0.2, 0.25) is 5.91 Å². The topological polar surface area (TPSA) is 84.2 Å². The maximum atomic E-state index is 11.8. The van der Waals surface area contributed by atoms with Crippen LogP contribution in [0.15, 0.2) is 18.2 Å². The van der Waals surface area contributed by atoms with Gasteiger partial charge in [-0.25, -0.2) is 0 Å². The molecule has 0 bridgehead atoms. The first-order chi connectivity index (χ1) is 8.41. The van der Waals surface area contributed by atoms with Crippen LogP contribution >= 0.6 is 11.6 Å². The maximum absolute atomic E-state index is 11.8. The number of hydrogen-bond donors (Lipinski definition) is 3. The molecule has 1 aromatic rings. The molecule has 1 rings (SSSR count). The highest BCUT2D eigenvalue weighted by molar-refractivity contribution is 6.36. The highest BCUT2D eigenvalue weighted by Crippen LogP contribution is 2.22. The van der Waals surface area contributed by atoms with Crippen molar-refractivity contribution < 1.29 is 9.59 Å². The Kier molecular flexibility index (Phi) is 4.97. The van der Waals surface area contributed by atoms with Crippen LogP contribution in [-0.2, 0) is 4.79 Å². The van der Waals surface area contributed by atoms with Gasteiger partial charge in [-0.05, 0) is 26.0 Å². The van der Waals surface area contributed by atoms with E-state index >= 15 is 0 Å². The average Bonchev–Trinajstić information content (AvgIpc) is 2.29. The molecule has 0 saturated carbocycles. The monoisotopic (exact) mass is 269 g/mol. The second kappa shape index (κ2) is 6.26. The largest absolute Gasteiger partial charge is 0.398 e. The molecule has 0 saturated heterocycles. The molecule has 0 unspecified atom stereocenters. The maximum Gasteiger partial charge on any atom is 0.253 e. The van der Waals surface area contributed by atoms with E-state index < -0.39 is 5.91 Å². The first kappa shape index (κ1) is 14.3. The molecule has 2 amide bonds. The van der Waals surface area contributed by atoms with Crippen molar-refractivity contribution >= 4 is 29.1 Å². The summed E-state index contributed by atoms with van der Waals surface area (Å²) in [6.07, 6.45) is 0. The fourth-order valence-corrected chi connectivity index (χ4v) is 1.57. The van der Waals surface area contributed by atoms with Gasteiger partial charge in [0.25, 0.3) is 5.91 Å². The standard InChI is InChI=1S/C12H16ClN3O2/c1-7(2)16-10(17)6-15-12(18)8-4-3-5-9(14)11(8)13/h3-5,7H,6,14H2,1-2H3,(H,15,18)(H,16,17). The smallest absolute Gasteiger partial charge is 0.253 e. The summed E-state index contributed by atoms with van der Waals surface area (Å²) in [5.74, 6) is -0.676. The summed E-state index contributed by atoms with van der Waals surface area (Å²) in [7, 11) is 0. The van der Waals surface area contributed by atoms with Crippen LogP contribution < -0.4 is 16.4 Å². The highest BCUT2D eigenvalue weighted by Gasteiger charge is 2.13. The Hall–Kier alpha value is -1.75. The van der Waals surface area contributed by atoms with Gasteiger partial charge in [0.15, 0.2) is 0 Å². The fraction of sp³-hybridized carbons (Fsp3) is 0.333. The van der Waals surface area contributed by atoms with Gasteiger partial charge >= 0.3 is 0 Å². The summed E-state index contributed by atoms with van der Waals surface area (Å²) in [5, 5.41) is 5.34. The SMILES string of the molecule is CC(C)NC(=O)CNC(=O)c1cccc(N)c1Cl. The first-order valence-corrected chi connectivity index (χ1v) is 5.91. The van der Waals surface area contributed by atoms with E-state index in [2.05, 4.69) is 10.6 Å². The molecule has 0 fully saturated rings. The van der Waals surface area contributed by atoms with Gasteiger partial charge in [0.05, 0.1) is 22.8 Å². The summed E-state index contributed by atoms with van der Waals surface area (Å²) >= 11 is 5.90. The molecule has 4 N–H and O–H groups in total. The summed E-state index contributed by atoms with van der Waals surface area (Å²) in [4.78, 5) is 23.1. The van der Waals surface area contributed by atoms with Crippen molar-refractivity contribution in [1.82, 2.24) is 10.6 Å². The molecule has 0 spiro atoms. The van der Waals surface area contributed by atoms with Crippen LogP contribution in [-0.4, -0.2) is 24.4 Å². The Morgan fingerprint density at radius 2 is 2.06 bits per heavy atom. The van der Waals surface area contributed by atoms with Crippen molar-refractivity contribution in [3.8, 4) is 0 Å². The third-order valence-corrected chi connectivity index (χ3v) is 2.55. The number of rotatable bonds is 4. The molecule has 98 valence electrons. The number of nitrogen functional groups attached to an aromatic ring is 1. The summed E-state index contributed by atoms with van der Waals surface area (Å²) < 4.78 is 0. The summed E-state index contributed by atoms with van der Waals surface area (Å²) in [6, 6.07) is 4.81. The van der Waals surface area contributed by atoms with E-state index in [9.17, 15) is 9.59 Å². The van der Waals surface area contributed by atoms with Crippen LogP contribution in [0.5, 0.6) is 0 Å². The number of hydrogen-bond acceptors (Lipinski definition) is 3. The molecule has 6 heteroatoms. The number of benzene rings is 1. The van der Waals surface area contributed by atoms with Crippen LogP contribution in [0.3, 0.4) is 0 Å². The van der Waals surface area contributed by atoms with E-state index in [-0.39, 0.29) is 29.1 Å². The first-order valence-electron chi connectivity index (χ1n) is 5.53. The lowest BCUT2D eigenvalue weighted by atomic mass is 10.2. The normalized spacial score (nSPS) is 10.2. The molecule has 1 aromatic carbocycles. The number of amides is 2. The Bertz CT molecular complexity index is 461. The van der Waals surface area contributed by atoms with Gasteiger partial charge in [-0.1, -0.05) is 17.7 Å². The lowest BCUT2D eigenvalue weighted by molar-refractivity contribution is -0.120. The predicted molar refractivity (Wildman–Crippen MR) is 71.5 cm³/mol. The third kappa shape index (κ3) is 3.92. The van der Waals surface area contributed by atoms with E-state index in [1.54, 1.807) is 18.2 Å². The van der Waals surface area contributed by atoms with Crippen molar-refractivity contribution in [2.24, 2.45) is 0 Å². The summed E-state index contributed by atoms with van der Waals surface area (Å²) in [5.41, 5.74) is 6.18. The summed E-state index contributed by atoms with van der Waals surface area (Å²) in [6.45, 7) is 3.59. The molecule has 0 aliphatic rings. The highest BCUT2D eigenvalue weighted by atomic mass is 35.5. The average molecular weight is 270 g/mol. The van der Waals surface area contributed by atoms with Crippen molar-refractivity contribution in [3.63, 3.8) is 0 Å². The molecule has 0 aromatic heterocycles. The number of anilines is 1. The van der Waals surface area contributed by atoms with Crippen LogP contribution in [0.4, 0.5) is 5.69 Å². The lowest BCUT2D eigenvalue weighted by Gasteiger charge is -2.10. The van der Waals surface area contributed by atoms with Gasteiger partial charge in [0.1, 0.15) is 0 Å². The molecule has 0 heterocycles. The molecule has 18 heavy (non-hydrogen) atoms. The fourth-order valence-electron chi connectivity index (χ4n) is 1.35. The van der Waals surface area contributed by atoms with Crippen LogP contribution in [0.25, 0.3) is 0 Å². The van der Waals surface area contributed by atoms with Crippen molar-refractivity contribution in [1.29, 1.82) is 0 Å². The van der Waals surface area contributed by atoms with E-state index in [4.69, 9.17) is 17.3 Å². The molecular formula is C12H16ClN3O2. The van der Waals surface area contributed by atoms with Crippen molar-refractivity contribution in [2.45, 2.75) is 19.9 Å². The number of nitrogens with one attached hydrogen (secondary N) is 2. The van der Waals surface area contributed by atoms with Crippen molar-refractivity contribution in [3.05, 3.63) is 28.8 Å². The zero-order chi connectivity index (χ0) is 13.7. The number of nitrogens with two attached hydrogens (primary N) is 1. The lowest BCUT2D eigenvalue weighted by Crippen LogP contribution is -2.39.